The normalized spacial score (nSPS) is 12.8. The van der Waals surface area contributed by atoms with E-state index < -0.39 is 0 Å². The van der Waals surface area contributed by atoms with E-state index in [2.05, 4.69) is 32.6 Å². The first-order chi connectivity index (χ1) is 13.2. The Labute approximate surface area is 162 Å². The minimum Gasteiger partial charge on any atom is -0.325 e. The van der Waals surface area contributed by atoms with Gasteiger partial charge in [-0.25, -0.2) is 0 Å². The summed E-state index contributed by atoms with van der Waals surface area (Å²) < 4.78 is 2.02. The Balaban J connectivity index is 1.41. The van der Waals surface area contributed by atoms with Crippen LogP contribution in [0.15, 0.2) is 47.9 Å². The molecule has 27 heavy (non-hydrogen) atoms. The van der Waals surface area contributed by atoms with E-state index in [9.17, 15) is 4.79 Å². The van der Waals surface area contributed by atoms with Crippen LogP contribution < -0.4 is 5.32 Å². The third-order valence-electron chi connectivity index (χ3n) is 4.69. The third-order valence-corrected chi connectivity index (χ3v) is 5.65. The molecule has 4 rings (SSSR count). The molecule has 138 valence electrons. The monoisotopic (exact) mass is 379 g/mol. The molecule has 0 unspecified atom stereocenters. The molecule has 7 heteroatoms. The van der Waals surface area contributed by atoms with Crippen molar-refractivity contribution in [1.82, 2.24) is 19.7 Å². The Morgan fingerprint density at radius 1 is 1.15 bits per heavy atom. The fourth-order valence-electron chi connectivity index (χ4n) is 3.37. The largest absolute Gasteiger partial charge is 0.325 e. The van der Waals surface area contributed by atoms with Crippen LogP contribution in [0.1, 0.15) is 24.5 Å². The van der Waals surface area contributed by atoms with Crippen LogP contribution in [0.25, 0.3) is 11.4 Å². The first-order valence-electron chi connectivity index (χ1n) is 9.12. The zero-order chi connectivity index (χ0) is 18.6. The lowest BCUT2D eigenvalue weighted by molar-refractivity contribution is -0.113. The van der Waals surface area contributed by atoms with Crippen LogP contribution in [0.3, 0.4) is 0 Å². The summed E-state index contributed by atoms with van der Waals surface area (Å²) in [6.45, 7) is 2.78. The molecular weight excluding hydrogens is 358 g/mol. The summed E-state index contributed by atoms with van der Waals surface area (Å²) in [7, 11) is 0. The molecule has 0 saturated carbocycles. The third kappa shape index (κ3) is 3.88. The average Bonchev–Trinajstić information content (AvgIpc) is 3.33. The molecule has 0 fully saturated rings. The van der Waals surface area contributed by atoms with E-state index in [0.717, 1.165) is 41.6 Å². The van der Waals surface area contributed by atoms with Crippen molar-refractivity contribution in [2.24, 2.45) is 0 Å². The van der Waals surface area contributed by atoms with E-state index in [1.165, 1.54) is 29.3 Å². The number of aromatic nitrogens is 4. The number of anilines is 1. The van der Waals surface area contributed by atoms with Crippen molar-refractivity contribution in [3.05, 3.63) is 53.9 Å². The van der Waals surface area contributed by atoms with Crippen molar-refractivity contribution in [2.75, 3.05) is 11.1 Å². The second kappa shape index (κ2) is 7.92. The van der Waals surface area contributed by atoms with Crippen molar-refractivity contribution >= 4 is 23.4 Å². The SMILES string of the molecule is CCn1c(SCC(=O)Nc2ccc3c(c2)CCC3)nnc1-c1ccncc1. The molecule has 0 radical (unpaired) electrons. The highest BCUT2D eigenvalue weighted by Gasteiger charge is 2.15. The number of rotatable bonds is 6. The summed E-state index contributed by atoms with van der Waals surface area (Å²) in [6, 6.07) is 10.0. The first kappa shape index (κ1) is 17.7. The lowest BCUT2D eigenvalue weighted by Gasteiger charge is -2.09. The van der Waals surface area contributed by atoms with Crippen LogP contribution in [-0.2, 0) is 24.2 Å². The van der Waals surface area contributed by atoms with Gasteiger partial charge < -0.3 is 9.88 Å². The number of pyridine rings is 1. The lowest BCUT2D eigenvalue weighted by atomic mass is 10.1. The quantitative estimate of drug-likeness (QED) is 0.663. The molecule has 1 aliphatic carbocycles. The molecule has 6 nitrogen and oxygen atoms in total. The number of benzene rings is 1. The van der Waals surface area contributed by atoms with Gasteiger partial charge in [-0.2, -0.15) is 0 Å². The van der Waals surface area contributed by atoms with Gasteiger partial charge in [-0.05, 0) is 61.6 Å². The molecule has 3 aromatic rings. The Bertz CT molecular complexity index is 954. The van der Waals surface area contributed by atoms with Crippen LogP contribution in [0.5, 0.6) is 0 Å². The number of nitrogens with zero attached hydrogens (tertiary/aromatic N) is 4. The van der Waals surface area contributed by atoms with Crippen molar-refractivity contribution in [2.45, 2.75) is 37.9 Å². The number of fused-ring (bicyclic) bond motifs is 1. The second-order valence-electron chi connectivity index (χ2n) is 6.46. The lowest BCUT2D eigenvalue weighted by Crippen LogP contribution is -2.14. The number of carbonyl (C=O) groups excluding carboxylic acids is 1. The van der Waals surface area contributed by atoms with Gasteiger partial charge in [0, 0.05) is 30.2 Å². The van der Waals surface area contributed by atoms with Crippen LogP contribution in [0.4, 0.5) is 5.69 Å². The van der Waals surface area contributed by atoms with Gasteiger partial charge in [-0.15, -0.1) is 10.2 Å². The van der Waals surface area contributed by atoms with Crippen molar-refractivity contribution in [1.29, 1.82) is 0 Å². The van der Waals surface area contributed by atoms with Crippen molar-refractivity contribution in [3.63, 3.8) is 0 Å². The number of thioether (sulfide) groups is 1. The minimum atomic E-state index is -0.0333. The number of hydrogen-bond donors (Lipinski definition) is 1. The van der Waals surface area contributed by atoms with E-state index in [1.807, 2.05) is 29.7 Å². The minimum absolute atomic E-state index is 0.0333. The van der Waals surface area contributed by atoms with Gasteiger partial charge in [-0.1, -0.05) is 17.8 Å². The zero-order valence-corrected chi connectivity index (χ0v) is 16.0. The van der Waals surface area contributed by atoms with E-state index in [1.54, 1.807) is 12.4 Å². The fraction of sp³-hybridized carbons (Fsp3) is 0.300. The van der Waals surface area contributed by atoms with Gasteiger partial charge in [0.15, 0.2) is 11.0 Å². The highest BCUT2D eigenvalue weighted by atomic mass is 32.2. The standard InChI is InChI=1S/C20H21N5OS/c1-2-25-19(15-8-10-21-11-9-15)23-24-20(25)27-13-18(26)22-17-7-6-14-4-3-5-16(14)12-17/h6-12H,2-5,13H2,1H3,(H,22,26). The fourth-order valence-corrected chi connectivity index (χ4v) is 4.17. The van der Waals surface area contributed by atoms with E-state index in [4.69, 9.17) is 0 Å². The maximum absolute atomic E-state index is 12.4. The highest BCUT2D eigenvalue weighted by molar-refractivity contribution is 7.99. The van der Waals surface area contributed by atoms with Crippen molar-refractivity contribution in [3.8, 4) is 11.4 Å². The summed E-state index contributed by atoms with van der Waals surface area (Å²) in [5.41, 5.74) is 4.60. The number of hydrogen-bond acceptors (Lipinski definition) is 5. The van der Waals surface area contributed by atoms with E-state index in [0.29, 0.717) is 5.75 Å². The van der Waals surface area contributed by atoms with Gasteiger partial charge in [-0.3, -0.25) is 9.78 Å². The van der Waals surface area contributed by atoms with Gasteiger partial charge in [0.2, 0.25) is 5.91 Å². The van der Waals surface area contributed by atoms with Crippen LogP contribution >= 0.6 is 11.8 Å². The van der Waals surface area contributed by atoms with Crippen LogP contribution in [0, 0.1) is 0 Å². The maximum atomic E-state index is 12.4. The van der Waals surface area contributed by atoms with Crippen molar-refractivity contribution < 1.29 is 4.79 Å². The number of nitrogens with one attached hydrogen (secondary N) is 1. The van der Waals surface area contributed by atoms with Gasteiger partial charge in [0.25, 0.3) is 0 Å². The molecule has 1 aromatic carbocycles. The van der Waals surface area contributed by atoms with E-state index >= 15 is 0 Å². The first-order valence-corrected chi connectivity index (χ1v) is 10.1. The molecule has 1 N–H and O–H groups in total. The molecule has 0 aliphatic heterocycles. The molecule has 0 saturated heterocycles. The Kier molecular flexibility index (Phi) is 5.20. The highest BCUT2D eigenvalue weighted by Crippen LogP contribution is 2.26. The molecule has 0 bridgehead atoms. The van der Waals surface area contributed by atoms with E-state index in [-0.39, 0.29) is 5.91 Å². The number of amides is 1. The molecule has 1 aliphatic rings. The summed E-state index contributed by atoms with van der Waals surface area (Å²) in [5.74, 6) is 1.06. The number of carbonyl (C=O) groups is 1. The molecule has 1 amide bonds. The topological polar surface area (TPSA) is 72.7 Å². The zero-order valence-electron chi connectivity index (χ0n) is 15.2. The maximum Gasteiger partial charge on any atom is 0.234 e. The summed E-state index contributed by atoms with van der Waals surface area (Å²) in [5, 5.41) is 12.3. The van der Waals surface area contributed by atoms with Crippen LogP contribution in [0.2, 0.25) is 0 Å². The number of aryl methyl sites for hydroxylation is 2. The predicted molar refractivity (Wildman–Crippen MR) is 107 cm³/mol. The molecule has 0 atom stereocenters. The Morgan fingerprint density at radius 3 is 2.78 bits per heavy atom. The smallest absolute Gasteiger partial charge is 0.234 e. The van der Waals surface area contributed by atoms with Gasteiger partial charge in [0.05, 0.1) is 5.75 Å². The van der Waals surface area contributed by atoms with Crippen LogP contribution in [-0.4, -0.2) is 31.4 Å². The van der Waals surface area contributed by atoms with Gasteiger partial charge >= 0.3 is 0 Å². The van der Waals surface area contributed by atoms with Gasteiger partial charge in [0.1, 0.15) is 0 Å². The molecule has 2 heterocycles. The molecule has 2 aromatic heterocycles. The second-order valence-corrected chi connectivity index (χ2v) is 7.40. The molecule has 0 spiro atoms. The summed E-state index contributed by atoms with van der Waals surface area (Å²) in [4.78, 5) is 16.4. The Morgan fingerprint density at radius 2 is 1.96 bits per heavy atom. The Hall–Kier alpha value is -2.67. The molecular formula is C20H21N5OS. The average molecular weight is 379 g/mol. The summed E-state index contributed by atoms with van der Waals surface area (Å²) >= 11 is 1.40. The summed E-state index contributed by atoms with van der Waals surface area (Å²) in [6.07, 6.45) is 6.92. The predicted octanol–water partition coefficient (Wildman–Crippen LogP) is 3.58.